The predicted octanol–water partition coefficient (Wildman–Crippen LogP) is 3.57. The number of primary amides is 1. The molecule has 0 fully saturated rings. The van der Waals surface area contributed by atoms with Crippen LogP contribution in [0.2, 0.25) is 10.0 Å². The van der Waals surface area contributed by atoms with Gasteiger partial charge in [-0.15, -0.1) is 0 Å². The minimum atomic E-state index is -0.721. The first-order valence-electron chi connectivity index (χ1n) is 6.30. The van der Waals surface area contributed by atoms with Gasteiger partial charge in [0.1, 0.15) is 12.4 Å². The molecule has 0 radical (unpaired) electrons. The first-order valence-corrected chi connectivity index (χ1v) is 7.05. The Morgan fingerprint density at radius 2 is 2.09 bits per heavy atom. The van der Waals surface area contributed by atoms with Gasteiger partial charge >= 0.3 is 6.03 Å². The van der Waals surface area contributed by atoms with Gasteiger partial charge in [-0.05, 0) is 29.8 Å². The Labute approximate surface area is 137 Å². The average molecular weight is 338 g/mol. The minimum absolute atomic E-state index is 0.316. The quantitative estimate of drug-likeness (QED) is 0.646. The van der Waals surface area contributed by atoms with Gasteiger partial charge in [0.25, 0.3) is 0 Å². The highest BCUT2D eigenvalue weighted by molar-refractivity contribution is 6.35. The summed E-state index contributed by atoms with van der Waals surface area (Å²) >= 11 is 11.9. The SMILES string of the molecule is NC(=O)N/N=C/c1cccc(OCc2ccc(Cl)cc2Cl)c1. The molecule has 0 unspecified atom stereocenters. The highest BCUT2D eigenvalue weighted by Crippen LogP contribution is 2.22. The minimum Gasteiger partial charge on any atom is -0.489 e. The normalized spacial score (nSPS) is 10.6. The number of hydrogen-bond donors (Lipinski definition) is 2. The molecule has 0 atom stereocenters. The number of benzene rings is 2. The third-order valence-electron chi connectivity index (χ3n) is 2.66. The van der Waals surface area contributed by atoms with Crippen LogP contribution in [0.15, 0.2) is 47.6 Å². The van der Waals surface area contributed by atoms with Crippen LogP contribution in [0.4, 0.5) is 4.79 Å². The summed E-state index contributed by atoms with van der Waals surface area (Å²) in [4.78, 5) is 10.5. The predicted molar refractivity (Wildman–Crippen MR) is 87.5 cm³/mol. The summed E-state index contributed by atoms with van der Waals surface area (Å²) < 4.78 is 5.68. The first-order chi connectivity index (χ1) is 10.5. The molecule has 3 N–H and O–H groups in total. The van der Waals surface area contributed by atoms with Gasteiger partial charge in [0.15, 0.2) is 0 Å². The number of amides is 2. The van der Waals surface area contributed by atoms with Crippen LogP contribution in [0.1, 0.15) is 11.1 Å². The first kappa shape index (κ1) is 16.1. The molecule has 7 heteroatoms. The third kappa shape index (κ3) is 4.95. The van der Waals surface area contributed by atoms with Crippen LogP contribution in [-0.2, 0) is 6.61 Å². The molecule has 114 valence electrons. The van der Waals surface area contributed by atoms with E-state index in [-0.39, 0.29) is 0 Å². The van der Waals surface area contributed by atoms with Crippen molar-refractivity contribution in [2.45, 2.75) is 6.61 Å². The van der Waals surface area contributed by atoms with Crippen molar-refractivity contribution in [3.8, 4) is 5.75 Å². The number of nitrogens with zero attached hydrogens (tertiary/aromatic N) is 1. The second kappa shape index (κ2) is 7.68. The maximum absolute atomic E-state index is 10.5. The summed E-state index contributed by atoms with van der Waals surface area (Å²) in [6, 6.07) is 11.7. The van der Waals surface area contributed by atoms with Gasteiger partial charge in [0.05, 0.1) is 6.21 Å². The zero-order valence-corrected chi connectivity index (χ0v) is 12.9. The van der Waals surface area contributed by atoms with E-state index in [4.69, 9.17) is 33.7 Å². The second-order valence-corrected chi connectivity index (χ2v) is 5.17. The van der Waals surface area contributed by atoms with Crippen LogP contribution in [0.5, 0.6) is 5.75 Å². The number of nitrogens with two attached hydrogens (primary N) is 1. The molecule has 5 nitrogen and oxygen atoms in total. The molecule has 2 aromatic rings. The zero-order chi connectivity index (χ0) is 15.9. The van der Waals surface area contributed by atoms with Crippen LogP contribution < -0.4 is 15.9 Å². The Hall–Kier alpha value is -2.24. The maximum Gasteiger partial charge on any atom is 0.332 e. The number of nitrogens with one attached hydrogen (secondary N) is 1. The van der Waals surface area contributed by atoms with E-state index in [2.05, 4.69) is 10.5 Å². The molecule has 2 aromatic carbocycles. The van der Waals surface area contributed by atoms with Gasteiger partial charge in [-0.2, -0.15) is 5.10 Å². The monoisotopic (exact) mass is 337 g/mol. The van der Waals surface area contributed by atoms with Crippen LogP contribution in [0.25, 0.3) is 0 Å². The number of carbonyl (C=O) groups is 1. The zero-order valence-electron chi connectivity index (χ0n) is 11.4. The van der Waals surface area contributed by atoms with Crippen molar-refractivity contribution in [2.75, 3.05) is 0 Å². The van der Waals surface area contributed by atoms with Crippen LogP contribution in [0, 0.1) is 0 Å². The van der Waals surface area contributed by atoms with E-state index < -0.39 is 6.03 Å². The summed E-state index contributed by atoms with van der Waals surface area (Å²) in [7, 11) is 0. The highest BCUT2D eigenvalue weighted by Gasteiger charge is 2.03. The molecule has 2 amide bonds. The van der Waals surface area contributed by atoms with Crippen molar-refractivity contribution < 1.29 is 9.53 Å². The van der Waals surface area contributed by atoms with Gasteiger partial charge in [-0.3, -0.25) is 0 Å². The molecule has 0 aliphatic rings. The molecule has 0 saturated carbocycles. The molecule has 0 aromatic heterocycles. The van der Waals surface area contributed by atoms with Crippen molar-refractivity contribution in [1.29, 1.82) is 0 Å². The molecule has 0 saturated heterocycles. The number of halogens is 2. The van der Waals surface area contributed by atoms with E-state index in [1.54, 1.807) is 18.2 Å². The van der Waals surface area contributed by atoms with Gasteiger partial charge in [0.2, 0.25) is 0 Å². The highest BCUT2D eigenvalue weighted by atomic mass is 35.5. The van der Waals surface area contributed by atoms with Gasteiger partial charge in [-0.1, -0.05) is 41.4 Å². The van der Waals surface area contributed by atoms with E-state index in [0.717, 1.165) is 11.1 Å². The lowest BCUT2D eigenvalue weighted by atomic mass is 10.2. The summed E-state index contributed by atoms with van der Waals surface area (Å²) in [5, 5.41) is 4.81. The Morgan fingerprint density at radius 1 is 1.27 bits per heavy atom. The van der Waals surface area contributed by atoms with Crippen LogP contribution in [0.3, 0.4) is 0 Å². The largest absolute Gasteiger partial charge is 0.489 e. The summed E-state index contributed by atoms with van der Waals surface area (Å²) in [6.07, 6.45) is 1.47. The van der Waals surface area contributed by atoms with Gasteiger partial charge in [-0.25, -0.2) is 10.2 Å². The van der Waals surface area contributed by atoms with E-state index >= 15 is 0 Å². The molecular weight excluding hydrogens is 325 g/mol. The number of ether oxygens (including phenoxy) is 1. The Kier molecular flexibility index (Phi) is 5.63. The lowest BCUT2D eigenvalue weighted by Crippen LogP contribution is -2.24. The number of hydrogen-bond acceptors (Lipinski definition) is 3. The molecular formula is C15H13Cl2N3O2. The molecule has 0 aliphatic carbocycles. The lowest BCUT2D eigenvalue weighted by molar-refractivity contribution is 0.249. The maximum atomic E-state index is 10.5. The van der Waals surface area contributed by atoms with E-state index in [9.17, 15) is 4.79 Å². The lowest BCUT2D eigenvalue weighted by Gasteiger charge is -2.08. The van der Waals surface area contributed by atoms with Crippen molar-refractivity contribution in [2.24, 2.45) is 10.8 Å². The fourth-order valence-corrected chi connectivity index (χ4v) is 2.12. The smallest absolute Gasteiger partial charge is 0.332 e. The molecule has 0 aliphatic heterocycles. The standard InChI is InChI=1S/C15H13Cl2N3O2/c16-12-5-4-11(14(17)7-12)9-22-13-3-1-2-10(6-13)8-19-20-15(18)21/h1-8H,9H2,(H3,18,20,21)/b19-8+. The number of urea groups is 1. The molecule has 0 spiro atoms. The van der Waals surface area contributed by atoms with Crippen molar-refractivity contribution in [3.63, 3.8) is 0 Å². The number of hydrazone groups is 1. The van der Waals surface area contributed by atoms with Crippen molar-refractivity contribution in [3.05, 3.63) is 63.6 Å². The Morgan fingerprint density at radius 3 is 2.82 bits per heavy atom. The summed E-state index contributed by atoms with van der Waals surface area (Å²) in [5.41, 5.74) is 8.63. The van der Waals surface area contributed by atoms with Crippen LogP contribution >= 0.6 is 23.2 Å². The Bertz CT molecular complexity index is 705. The van der Waals surface area contributed by atoms with E-state index in [1.807, 2.05) is 24.3 Å². The van der Waals surface area contributed by atoms with Gasteiger partial charge < -0.3 is 10.5 Å². The molecule has 0 heterocycles. The number of carbonyl (C=O) groups excluding carboxylic acids is 1. The van der Waals surface area contributed by atoms with E-state index in [0.29, 0.717) is 22.4 Å². The molecule has 0 bridgehead atoms. The van der Waals surface area contributed by atoms with Gasteiger partial charge in [0, 0.05) is 15.6 Å². The van der Waals surface area contributed by atoms with Crippen molar-refractivity contribution >= 4 is 35.4 Å². The number of rotatable bonds is 5. The van der Waals surface area contributed by atoms with Crippen molar-refractivity contribution in [1.82, 2.24) is 5.43 Å². The fourth-order valence-electron chi connectivity index (χ4n) is 1.65. The molecule has 22 heavy (non-hydrogen) atoms. The van der Waals surface area contributed by atoms with Crippen LogP contribution in [-0.4, -0.2) is 12.2 Å². The topological polar surface area (TPSA) is 76.7 Å². The fraction of sp³-hybridized carbons (Fsp3) is 0.0667. The Balaban J connectivity index is 2.01. The molecule has 2 rings (SSSR count). The average Bonchev–Trinajstić information content (AvgIpc) is 2.46. The third-order valence-corrected chi connectivity index (χ3v) is 3.24. The van der Waals surface area contributed by atoms with E-state index in [1.165, 1.54) is 6.21 Å². The summed E-state index contributed by atoms with van der Waals surface area (Å²) in [5.74, 6) is 0.647. The second-order valence-electron chi connectivity index (χ2n) is 4.33. The summed E-state index contributed by atoms with van der Waals surface area (Å²) in [6.45, 7) is 0.316.